The van der Waals surface area contributed by atoms with Gasteiger partial charge in [0.05, 0.1) is 0 Å². The molecule has 3 N–H and O–H groups in total. The van der Waals surface area contributed by atoms with Gasteiger partial charge in [0.15, 0.2) is 0 Å². The van der Waals surface area contributed by atoms with Crippen LogP contribution in [0.4, 0.5) is 5.82 Å². The topological polar surface area (TPSA) is 50.9 Å². The van der Waals surface area contributed by atoms with E-state index >= 15 is 0 Å². The first kappa shape index (κ1) is 10.1. The summed E-state index contributed by atoms with van der Waals surface area (Å²) in [5.41, 5.74) is 7.48. The highest BCUT2D eigenvalue weighted by Crippen LogP contribution is 2.46. The van der Waals surface area contributed by atoms with Crippen LogP contribution in [0.15, 0.2) is 18.3 Å². The van der Waals surface area contributed by atoms with E-state index in [1.54, 1.807) is 6.20 Å². The number of hydrogen-bond acceptors (Lipinski definition) is 3. The number of aromatic nitrogens is 1. The minimum Gasteiger partial charge on any atom is -0.383 e. The molecule has 1 saturated heterocycles. The van der Waals surface area contributed by atoms with E-state index < -0.39 is 0 Å². The summed E-state index contributed by atoms with van der Waals surface area (Å²) < 4.78 is 0. The maximum absolute atomic E-state index is 5.94. The first-order valence-corrected chi connectivity index (χ1v) is 6.25. The van der Waals surface area contributed by atoms with Crippen molar-refractivity contribution in [3.63, 3.8) is 0 Å². The van der Waals surface area contributed by atoms with Crippen LogP contribution in [0.3, 0.4) is 0 Å². The minimum absolute atomic E-state index is 0.331. The van der Waals surface area contributed by atoms with Crippen molar-refractivity contribution in [2.45, 2.75) is 37.6 Å². The van der Waals surface area contributed by atoms with E-state index in [9.17, 15) is 0 Å². The Morgan fingerprint density at radius 2 is 2.38 bits per heavy atom. The normalized spacial score (nSPS) is 29.5. The number of nitrogen functional groups attached to an aromatic ring is 1. The third-order valence-corrected chi connectivity index (χ3v) is 4.07. The zero-order valence-corrected chi connectivity index (χ0v) is 9.58. The van der Waals surface area contributed by atoms with E-state index in [4.69, 9.17) is 5.73 Å². The molecule has 2 heterocycles. The molecule has 3 heteroatoms. The predicted octanol–water partition coefficient (Wildman–Crippen LogP) is 1.74. The van der Waals surface area contributed by atoms with Crippen molar-refractivity contribution in [3.05, 3.63) is 23.9 Å². The number of anilines is 1. The standard InChI is InChI=1S/C13H19N3/c14-12-10(3-1-7-15-12)9-13(11-4-5-11)6-2-8-16-13/h1,3,7,11,16H,2,4-6,8-9H2,(H2,14,15). The van der Waals surface area contributed by atoms with Gasteiger partial charge in [-0.3, -0.25) is 0 Å². The van der Waals surface area contributed by atoms with Gasteiger partial charge in [-0.05, 0) is 56.2 Å². The molecule has 0 radical (unpaired) electrons. The molecule has 2 fully saturated rings. The van der Waals surface area contributed by atoms with E-state index in [-0.39, 0.29) is 0 Å². The van der Waals surface area contributed by atoms with E-state index in [0.29, 0.717) is 11.4 Å². The summed E-state index contributed by atoms with van der Waals surface area (Å²) in [6.45, 7) is 1.16. The molecular weight excluding hydrogens is 198 g/mol. The van der Waals surface area contributed by atoms with Crippen molar-refractivity contribution in [1.82, 2.24) is 10.3 Å². The van der Waals surface area contributed by atoms with E-state index in [1.807, 2.05) is 6.07 Å². The largest absolute Gasteiger partial charge is 0.383 e. The first-order valence-electron chi connectivity index (χ1n) is 6.25. The Bertz CT molecular complexity index is 379. The molecule has 0 amide bonds. The highest BCUT2D eigenvalue weighted by Gasteiger charge is 2.46. The number of pyridine rings is 1. The zero-order valence-electron chi connectivity index (χ0n) is 9.58. The maximum Gasteiger partial charge on any atom is 0.126 e. The highest BCUT2D eigenvalue weighted by molar-refractivity contribution is 5.40. The number of nitrogens with one attached hydrogen (secondary N) is 1. The maximum atomic E-state index is 5.94. The fraction of sp³-hybridized carbons (Fsp3) is 0.615. The van der Waals surface area contributed by atoms with Crippen LogP contribution in [-0.2, 0) is 6.42 Å². The highest BCUT2D eigenvalue weighted by atomic mass is 15.0. The van der Waals surface area contributed by atoms with Crippen molar-refractivity contribution >= 4 is 5.82 Å². The van der Waals surface area contributed by atoms with Gasteiger partial charge in [0.25, 0.3) is 0 Å². The average molecular weight is 217 g/mol. The van der Waals surface area contributed by atoms with Gasteiger partial charge in [-0.25, -0.2) is 4.98 Å². The lowest BCUT2D eigenvalue weighted by atomic mass is 9.85. The summed E-state index contributed by atoms with van der Waals surface area (Å²) >= 11 is 0. The molecule has 1 aromatic heterocycles. The van der Waals surface area contributed by atoms with Gasteiger partial charge < -0.3 is 11.1 Å². The summed E-state index contributed by atoms with van der Waals surface area (Å²) in [6.07, 6.45) is 8.19. The third kappa shape index (κ3) is 1.69. The molecule has 1 saturated carbocycles. The second kappa shape index (κ2) is 3.74. The quantitative estimate of drug-likeness (QED) is 0.811. The first-order chi connectivity index (χ1) is 7.80. The van der Waals surface area contributed by atoms with Crippen molar-refractivity contribution in [2.75, 3.05) is 12.3 Å². The van der Waals surface area contributed by atoms with Crippen LogP contribution in [0, 0.1) is 5.92 Å². The summed E-state index contributed by atoms with van der Waals surface area (Å²) in [4.78, 5) is 4.18. The van der Waals surface area contributed by atoms with Gasteiger partial charge >= 0.3 is 0 Å². The summed E-state index contributed by atoms with van der Waals surface area (Å²) in [5.74, 6) is 1.57. The van der Waals surface area contributed by atoms with Crippen LogP contribution in [0.25, 0.3) is 0 Å². The van der Waals surface area contributed by atoms with E-state index in [1.165, 1.54) is 31.2 Å². The zero-order chi connectivity index (χ0) is 11.0. The molecular formula is C13H19N3. The summed E-state index contributed by atoms with van der Waals surface area (Å²) in [7, 11) is 0. The molecule has 1 unspecified atom stereocenters. The molecule has 0 bridgehead atoms. The molecule has 3 nitrogen and oxygen atoms in total. The molecule has 3 rings (SSSR count). The summed E-state index contributed by atoms with van der Waals surface area (Å²) in [6, 6.07) is 4.10. The predicted molar refractivity (Wildman–Crippen MR) is 65.0 cm³/mol. The lowest BCUT2D eigenvalue weighted by Crippen LogP contribution is -2.44. The fourth-order valence-corrected chi connectivity index (χ4v) is 3.05. The molecule has 1 atom stereocenters. The molecule has 1 aliphatic heterocycles. The van der Waals surface area contributed by atoms with Gasteiger partial charge in [0.1, 0.15) is 5.82 Å². The number of rotatable bonds is 3. The molecule has 0 spiro atoms. The van der Waals surface area contributed by atoms with Gasteiger partial charge in [0.2, 0.25) is 0 Å². The molecule has 2 aliphatic rings. The lowest BCUT2D eigenvalue weighted by Gasteiger charge is -2.30. The van der Waals surface area contributed by atoms with E-state index in [2.05, 4.69) is 16.4 Å². The molecule has 1 aromatic rings. The van der Waals surface area contributed by atoms with Crippen molar-refractivity contribution < 1.29 is 0 Å². The van der Waals surface area contributed by atoms with Crippen LogP contribution >= 0.6 is 0 Å². The molecule has 1 aliphatic carbocycles. The van der Waals surface area contributed by atoms with Gasteiger partial charge in [-0.2, -0.15) is 0 Å². The van der Waals surface area contributed by atoms with Crippen molar-refractivity contribution in [1.29, 1.82) is 0 Å². The molecule has 86 valence electrons. The Balaban J connectivity index is 1.84. The Kier molecular flexibility index (Phi) is 2.36. The minimum atomic E-state index is 0.331. The Morgan fingerprint density at radius 1 is 1.50 bits per heavy atom. The Hall–Kier alpha value is -1.09. The van der Waals surface area contributed by atoms with Crippen LogP contribution in [0.2, 0.25) is 0 Å². The smallest absolute Gasteiger partial charge is 0.126 e. The Labute approximate surface area is 96.4 Å². The van der Waals surface area contributed by atoms with Crippen LogP contribution in [-0.4, -0.2) is 17.1 Å². The average Bonchev–Trinajstić information content (AvgIpc) is 3.05. The van der Waals surface area contributed by atoms with Crippen LogP contribution < -0.4 is 11.1 Å². The van der Waals surface area contributed by atoms with Gasteiger partial charge in [0, 0.05) is 11.7 Å². The third-order valence-electron chi connectivity index (χ3n) is 4.07. The number of hydrogen-bond donors (Lipinski definition) is 2. The van der Waals surface area contributed by atoms with E-state index in [0.717, 1.165) is 18.9 Å². The lowest BCUT2D eigenvalue weighted by molar-refractivity contribution is 0.323. The van der Waals surface area contributed by atoms with Crippen LogP contribution in [0.5, 0.6) is 0 Å². The fourth-order valence-electron chi connectivity index (χ4n) is 3.05. The molecule has 0 aromatic carbocycles. The van der Waals surface area contributed by atoms with Gasteiger partial charge in [-0.15, -0.1) is 0 Å². The van der Waals surface area contributed by atoms with Gasteiger partial charge in [-0.1, -0.05) is 6.07 Å². The van der Waals surface area contributed by atoms with Crippen LogP contribution in [0.1, 0.15) is 31.2 Å². The monoisotopic (exact) mass is 217 g/mol. The number of nitrogens with two attached hydrogens (primary N) is 1. The molecule has 16 heavy (non-hydrogen) atoms. The second-order valence-corrected chi connectivity index (χ2v) is 5.19. The number of nitrogens with zero attached hydrogens (tertiary/aromatic N) is 1. The second-order valence-electron chi connectivity index (χ2n) is 5.19. The van der Waals surface area contributed by atoms with Crippen molar-refractivity contribution in [2.24, 2.45) is 5.92 Å². The van der Waals surface area contributed by atoms with Crippen molar-refractivity contribution in [3.8, 4) is 0 Å². The Morgan fingerprint density at radius 3 is 3.00 bits per heavy atom. The SMILES string of the molecule is Nc1ncccc1CC1(C2CC2)CCCN1. The summed E-state index contributed by atoms with van der Waals surface area (Å²) in [5, 5.41) is 3.72.